The molecule has 0 radical (unpaired) electrons. The van der Waals surface area contributed by atoms with Crippen LogP contribution in [-0.4, -0.2) is 0 Å². The highest BCUT2D eigenvalue weighted by molar-refractivity contribution is 6.19. The van der Waals surface area contributed by atoms with Crippen LogP contribution in [0.5, 0.6) is 0 Å². The number of furan rings is 1. The fourth-order valence-electron chi connectivity index (χ4n) is 6.80. The van der Waals surface area contributed by atoms with Crippen LogP contribution in [0.1, 0.15) is 0 Å². The molecule has 1 aromatic heterocycles. The second kappa shape index (κ2) is 10.8. The Morgan fingerprint density at radius 3 is 1.85 bits per heavy atom. The van der Waals surface area contributed by atoms with Crippen molar-refractivity contribution in [1.82, 2.24) is 0 Å². The Labute approximate surface area is 267 Å². The number of nitrogens with zero attached hydrogens (tertiary/aromatic N) is 1. The van der Waals surface area contributed by atoms with Gasteiger partial charge in [0, 0.05) is 33.2 Å². The maximum atomic E-state index is 6.67. The summed E-state index contributed by atoms with van der Waals surface area (Å²) < 4.78 is 6.67. The van der Waals surface area contributed by atoms with Gasteiger partial charge in [0.15, 0.2) is 0 Å². The smallest absolute Gasteiger partial charge is 0.143 e. The highest BCUT2D eigenvalue weighted by Crippen LogP contribution is 2.42. The summed E-state index contributed by atoms with van der Waals surface area (Å²) >= 11 is 0. The van der Waals surface area contributed by atoms with E-state index in [1.807, 2.05) is 0 Å². The maximum absolute atomic E-state index is 6.67. The van der Waals surface area contributed by atoms with Crippen LogP contribution in [0.15, 0.2) is 180 Å². The van der Waals surface area contributed by atoms with Crippen molar-refractivity contribution in [2.45, 2.75) is 0 Å². The number of fused-ring (bicyclic) bond motifs is 6. The minimum atomic E-state index is 0.891. The zero-order valence-electron chi connectivity index (χ0n) is 25.1. The molecule has 0 aliphatic heterocycles. The monoisotopic (exact) mass is 587 g/mol. The molecule has 2 heteroatoms. The van der Waals surface area contributed by atoms with Crippen LogP contribution in [0.2, 0.25) is 0 Å². The van der Waals surface area contributed by atoms with E-state index in [1.54, 1.807) is 0 Å². The van der Waals surface area contributed by atoms with Crippen LogP contribution >= 0.6 is 0 Å². The van der Waals surface area contributed by atoms with E-state index >= 15 is 0 Å². The van der Waals surface area contributed by atoms with Crippen LogP contribution < -0.4 is 4.90 Å². The third-order valence-electron chi connectivity index (χ3n) is 9.01. The lowest BCUT2D eigenvalue weighted by atomic mass is 9.95. The number of benzene rings is 8. The summed E-state index contributed by atoms with van der Waals surface area (Å²) in [5.41, 5.74) is 9.84. The van der Waals surface area contributed by atoms with E-state index in [0.29, 0.717) is 0 Å². The zero-order valence-corrected chi connectivity index (χ0v) is 25.1. The molecule has 0 atom stereocenters. The van der Waals surface area contributed by atoms with Crippen molar-refractivity contribution in [2.75, 3.05) is 4.90 Å². The predicted molar refractivity (Wildman–Crippen MR) is 194 cm³/mol. The lowest BCUT2D eigenvalue weighted by molar-refractivity contribution is 0.673. The topological polar surface area (TPSA) is 16.4 Å². The lowest BCUT2D eigenvalue weighted by Crippen LogP contribution is -2.09. The first-order chi connectivity index (χ1) is 22.8. The average Bonchev–Trinajstić information content (AvgIpc) is 3.50. The van der Waals surface area contributed by atoms with Gasteiger partial charge in [-0.2, -0.15) is 0 Å². The Hall–Kier alpha value is -6.12. The van der Waals surface area contributed by atoms with E-state index in [2.05, 4.69) is 181 Å². The Morgan fingerprint density at radius 2 is 1.00 bits per heavy atom. The van der Waals surface area contributed by atoms with E-state index in [9.17, 15) is 0 Å². The molecule has 1 heterocycles. The summed E-state index contributed by atoms with van der Waals surface area (Å²) in [5, 5.41) is 7.04. The second-order valence-corrected chi connectivity index (χ2v) is 11.8. The molecule has 9 rings (SSSR count). The molecule has 0 saturated heterocycles. The third kappa shape index (κ3) is 4.43. The van der Waals surface area contributed by atoms with Crippen LogP contribution in [0.25, 0.3) is 65.7 Å². The molecule has 0 fully saturated rings. The number of anilines is 3. The van der Waals surface area contributed by atoms with Crippen LogP contribution in [0.3, 0.4) is 0 Å². The molecule has 2 nitrogen and oxygen atoms in total. The summed E-state index contributed by atoms with van der Waals surface area (Å²) in [6.45, 7) is 0. The molecule has 0 saturated carbocycles. The molecule has 0 N–H and O–H groups in total. The van der Waals surface area contributed by atoms with Gasteiger partial charge >= 0.3 is 0 Å². The summed E-state index contributed by atoms with van der Waals surface area (Å²) in [6.07, 6.45) is 0. The molecule has 8 aromatic carbocycles. The average molecular weight is 588 g/mol. The van der Waals surface area contributed by atoms with Crippen molar-refractivity contribution in [3.05, 3.63) is 176 Å². The number of hydrogen-bond donors (Lipinski definition) is 0. The van der Waals surface area contributed by atoms with Gasteiger partial charge < -0.3 is 9.32 Å². The van der Waals surface area contributed by atoms with Crippen molar-refractivity contribution in [3.8, 4) is 22.3 Å². The Kier molecular flexibility index (Phi) is 6.17. The summed E-state index contributed by atoms with van der Waals surface area (Å²) in [7, 11) is 0. The molecule has 0 spiro atoms. The first kappa shape index (κ1) is 26.3. The van der Waals surface area contributed by atoms with Crippen molar-refractivity contribution in [1.29, 1.82) is 0 Å². The Bertz CT molecular complexity index is 2530. The van der Waals surface area contributed by atoms with Gasteiger partial charge in [0.25, 0.3) is 0 Å². The van der Waals surface area contributed by atoms with Gasteiger partial charge in [0.1, 0.15) is 11.2 Å². The van der Waals surface area contributed by atoms with E-state index in [0.717, 1.165) is 55.5 Å². The quantitative estimate of drug-likeness (QED) is 0.199. The molecule has 0 aliphatic carbocycles. The van der Waals surface area contributed by atoms with Gasteiger partial charge in [-0.05, 0) is 93.0 Å². The van der Waals surface area contributed by atoms with Crippen molar-refractivity contribution >= 4 is 60.5 Å². The highest BCUT2D eigenvalue weighted by Gasteiger charge is 2.17. The van der Waals surface area contributed by atoms with E-state index < -0.39 is 0 Å². The number of para-hydroxylation sites is 1. The van der Waals surface area contributed by atoms with Gasteiger partial charge in [-0.25, -0.2) is 0 Å². The van der Waals surface area contributed by atoms with Crippen molar-refractivity contribution in [2.24, 2.45) is 0 Å². The van der Waals surface area contributed by atoms with E-state index in [-0.39, 0.29) is 0 Å². The van der Waals surface area contributed by atoms with Gasteiger partial charge in [0.05, 0.1) is 0 Å². The fourth-order valence-corrected chi connectivity index (χ4v) is 6.80. The fraction of sp³-hybridized carbons (Fsp3) is 0. The molecule has 0 bridgehead atoms. The minimum Gasteiger partial charge on any atom is -0.455 e. The summed E-state index contributed by atoms with van der Waals surface area (Å²) in [4.78, 5) is 2.33. The number of rotatable bonds is 5. The Balaban J connectivity index is 1.18. The van der Waals surface area contributed by atoms with Gasteiger partial charge in [-0.3, -0.25) is 0 Å². The molecule has 0 unspecified atom stereocenters. The van der Waals surface area contributed by atoms with Crippen LogP contribution in [-0.2, 0) is 0 Å². The lowest BCUT2D eigenvalue weighted by Gasteiger charge is -2.26. The maximum Gasteiger partial charge on any atom is 0.143 e. The van der Waals surface area contributed by atoms with Crippen molar-refractivity contribution in [3.63, 3.8) is 0 Å². The first-order valence-corrected chi connectivity index (χ1v) is 15.7. The van der Waals surface area contributed by atoms with Gasteiger partial charge in [0.2, 0.25) is 0 Å². The standard InChI is InChI=1S/C44H29NO/c1-3-13-31(14-4-1)41-29-42-39-25-23-34(28-43(39)46-44(42)40-21-10-9-20-38(40)41)33-16-11-19-36(27-33)45(35-17-5-2-6-18-35)37-24-22-30-12-7-8-15-32(30)26-37/h1-29H. The molecule has 9 aromatic rings. The van der Waals surface area contributed by atoms with Crippen molar-refractivity contribution < 1.29 is 4.42 Å². The largest absolute Gasteiger partial charge is 0.455 e. The van der Waals surface area contributed by atoms with Gasteiger partial charge in [-0.15, -0.1) is 0 Å². The third-order valence-corrected chi connectivity index (χ3v) is 9.01. The molecule has 46 heavy (non-hydrogen) atoms. The minimum absolute atomic E-state index is 0.891. The second-order valence-electron chi connectivity index (χ2n) is 11.8. The molecular weight excluding hydrogens is 558 g/mol. The number of hydrogen-bond acceptors (Lipinski definition) is 2. The molecular formula is C44H29NO. The Morgan fingerprint density at radius 1 is 0.348 bits per heavy atom. The van der Waals surface area contributed by atoms with E-state index in [1.165, 1.54) is 27.3 Å². The van der Waals surface area contributed by atoms with Crippen LogP contribution in [0.4, 0.5) is 17.1 Å². The van der Waals surface area contributed by atoms with Gasteiger partial charge in [-0.1, -0.05) is 121 Å². The molecule has 0 amide bonds. The SMILES string of the molecule is c1ccc(-c2cc3c4ccc(-c5cccc(N(c6ccccc6)c6ccc7ccccc7c6)c5)cc4oc3c3ccccc23)cc1. The normalized spacial score (nSPS) is 11.5. The zero-order chi connectivity index (χ0) is 30.5. The predicted octanol–water partition coefficient (Wildman–Crippen LogP) is 12.7. The highest BCUT2D eigenvalue weighted by atomic mass is 16.3. The molecule has 0 aliphatic rings. The summed E-state index contributed by atoms with van der Waals surface area (Å²) in [5.74, 6) is 0. The summed E-state index contributed by atoms with van der Waals surface area (Å²) in [6, 6.07) is 62.6. The molecule has 216 valence electrons. The first-order valence-electron chi connectivity index (χ1n) is 15.7. The van der Waals surface area contributed by atoms with Crippen LogP contribution in [0, 0.1) is 0 Å². The van der Waals surface area contributed by atoms with E-state index in [4.69, 9.17) is 4.42 Å².